The third-order valence-corrected chi connectivity index (χ3v) is 0.655. The Kier molecular flexibility index (Phi) is 20.2. The molecule has 0 heterocycles. The van der Waals surface area contributed by atoms with Crippen molar-refractivity contribution in [1.82, 2.24) is 0 Å². The van der Waals surface area contributed by atoms with Crippen LogP contribution in [0.1, 0.15) is 0 Å². The van der Waals surface area contributed by atoms with E-state index in [-0.39, 0.29) is 20.1 Å². The molecule has 4 nitrogen and oxygen atoms in total. The van der Waals surface area contributed by atoms with Crippen LogP contribution in [0.5, 0.6) is 0 Å². The fraction of sp³-hybridized carbons (Fsp3) is 0.500. The van der Waals surface area contributed by atoms with Crippen molar-refractivity contribution < 1.29 is 39.9 Å². The van der Waals surface area contributed by atoms with Crippen LogP contribution in [-0.4, -0.2) is 23.7 Å². The molecule has 0 aromatic rings. The number of carboxylic acid groups (broad SMARTS) is 2. The van der Waals surface area contributed by atoms with Gasteiger partial charge in [0.05, 0.1) is 23.7 Å². The van der Waals surface area contributed by atoms with Crippen LogP contribution in [0.2, 0.25) is 0 Å². The number of aliphatic carboxylic acids is 2. The topological polar surface area (TPSA) is 80.3 Å². The van der Waals surface area contributed by atoms with Crippen molar-refractivity contribution in [2.24, 2.45) is 0 Å². The molecule has 0 unspecified atom stereocenters. The van der Waals surface area contributed by atoms with Crippen molar-refractivity contribution >= 4 is 35.1 Å². The van der Waals surface area contributed by atoms with E-state index in [1.54, 1.807) is 0 Å². The maximum absolute atomic E-state index is 9.12. The Morgan fingerprint density at radius 2 is 1.09 bits per heavy atom. The zero-order chi connectivity index (χ0) is 8.57. The van der Waals surface area contributed by atoms with Crippen LogP contribution in [-0.2, 0) is 29.7 Å². The van der Waals surface area contributed by atoms with E-state index in [9.17, 15) is 0 Å². The Hall–Kier alpha value is 0.169. The average molecular weight is 379 g/mol. The number of hydrogen-bond acceptors (Lipinski definition) is 4. The van der Waals surface area contributed by atoms with Crippen LogP contribution in [0.25, 0.3) is 0 Å². The summed E-state index contributed by atoms with van der Waals surface area (Å²) in [6.07, 6.45) is 0. The minimum atomic E-state index is -1.23. The third kappa shape index (κ3) is 39.0. The van der Waals surface area contributed by atoms with Gasteiger partial charge in [0, 0.05) is 20.1 Å². The van der Waals surface area contributed by atoms with E-state index in [0.29, 0.717) is 0 Å². The molecular weight excluding hydrogens is 375 g/mol. The van der Waals surface area contributed by atoms with Gasteiger partial charge in [-0.1, -0.05) is 0 Å². The predicted octanol–water partition coefficient (Wildman–Crippen LogP) is -2.05. The smallest absolute Gasteiger partial charge is 0.0620 e. The molecule has 69 valence electrons. The molecule has 0 fully saturated rings. The van der Waals surface area contributed by atoms with Gasteiger partial charge in [0.2, 0.25) is 0 Å². The summed E-state index contributed by atoms with van der Waals surface area (Å²) in [6, 6.07) is 0. The van der Waals surface area contributed by atoms with Crippen molar-refractivity contribution in [1.29, 1.82) is 0 Å². The van der Waals surface area contributed by atoms with Gasteiger partial charge in [-0.05, 0) is 0 Å². The molecule has 0 aliphatic carbocycles. The average Bonchev–Trinajstić information content (AvgIpc) is 1.89. The van der Waals surface area contributed by atoms with Gasteiger partial charge in [-0.2, -0.15) is 0 Å². The van der Waals surface area contributed by atoms with Gasteiger partial charge in [0.1, 0.15) is 0 Å². The zero-order valence-corrected chi connectivity index (χ0v) is 9.04. The van der Waals surface area contributed by atoms with Gasteiger partial charge in [-0.25, -0.2) is 0 Å². The predicted molar refractivity (Wildman–Crippen MR) is 31.5 cm³/mol. The molecule has 7 heteroatoms. The van der Waals surface area contributed by atoms with Crippen molar-refractivity contribution in [2.45, 2.75) is 0 Å². The summed E-state index contributed by atoms with van der Waals surface area (Å²) in [5.41, 5.74) is 0. The second kappa shape index (κ2) is 12.8. The molecule has 0 aliphatic rings. The van der Waals surface area contributed by atoms with Gasteiger partial charge in [0.25, 0.3) is 0 Å². The van der Waals surface area contributed by atoms with Crippen LogP contribution < -0.4 is 10.2 Å². The van der Waals surface area contributed by atoms with E-state index in [1.807, 2.05) is 0 Å². The molecule has 0 atom stereocenters. The second-order valence-corrected chi connectivity index (χ2v) is 1.55. The van der Waals surface area contributed by atoms with E-state index in [2.05, 4.69) is 23.2 Å². The van der Waals surface area contributed by atoms with Crippen molar-refractivity contribution in [3.05, 3.63) is 0 Å². The first-order chi connectivity index (χ1) is 4.54. The standard InChI is InChI=1S/2C2H3ClO2.Ir/c2*3-1-2(4)5;/h2*1H2,(H,4,5);/p-2. The molecule has 0 amide bonds. The monoisotopic (exact) mass is 379 g/mol. The number of carbonyl (C=O) groups is 2. The summed E-state index contributed by atoms with van der Waals surface area (Å²) in [5, 5.41) is 18.2. The Morgan fingerprint density at radius 3 is 1.09 bits per heavy atom. The van der Waals surface area contributed by atoms with Crippen LogP contribution in [0.4, 0.5) is 0 Å². The summed E-state index contributed by atoms with van der Waals surface area (Å²) in [5.74, 6) is -3.29. The van der Waals surface area contributed by atoms with Gasteiger partial charge in [0.15, 0.2) is 0 Å². The zero-order valence-electron chi connectivity index (χ0n) is 5.14. The van der Waals surface area contributed by atoms with Gasteiger partial charge in [-0.3, -0.25) is 0 Å². The van der Waals surface area contributed by atoms with Crippen molar-refractivity contribution in [2.75, 3.05) is 11.8 Å². The molecule has 11 heavy (non-hydrogen) atoms. The maximum Gasteiger partial charge on any atom is 0.0620 e. The minimum Gasteiger partial charge on any atom is -0.549 e. The van der Waals surface area contributed by atoms with Gasteiger partial charge < -0.3 is 19.8 Å². The molecule has 0 N–H and O–H groups in total. The number of hydrogen-bond donors (Lipinski definition) is 0. The number of rotatable bonds is 2. The molecular formula is C4H4Cl2IrO4-2. The van der Waals surface area contributed by atoms with E-state index >= 15 is 0 Å². The largest absolute Gasteiger partial charge is 0.549 e. The Balaban J connectivity index is -0.000000107. The molecule has 0 saturated carbocycles. The van der Waals surface area contributed by atoms with Gasteiger partial charge >= 0.3 is 0 Å². The molecule has 0 aliphatic heterocycles. The first kappa shape index (κ1) is 17.3. The summed E-state index contributed by atoms with van der Waals surface area (Å²) in [7, 11) is 0. The Morgan fingerprint density at radius 1 is 1.00 bits per heavy atom. The summed E-state index contributed by atoms with van der Waals surface area (Å²) in [6.45, 7) is 0. The number of carboxylic acids is 2. The van der Waals surface area contributed by atoms with E-state index in [4.69, 9.17) is 19.8 Å². The molecule has 1 radical (unpaired) electrons. The number of alkyl halides is 2. The maximum atomic E-state index is 9.12. The number of halogens is 2. The summed E-state index contributed by atoms with van der Waals surface area (Å²) in [4.78, 5) is 18.2. The summed E-state index contributed by atoms with van der Waals surface area (Å²) < 4.78 is 0. The fourth-order valence-corrected chi connectivity index (χ4v) is 0. The fourth-order valence-electron chi connectivity index (χ4n) is 0. The molecule has 0 aromatic carbocycles. The first-order valence-electron chi connectivity index (χ1n) is 2.06. The Bertz CT molecular complexity index is 105. The Labute approximate surface area is 86.8 Å². The van der Waals surface area contributed by atoms with Crippen LogP contribution in [0, 0.1) is 0 Å². The minimum absolute atomic E-state index is 0. The molecule has 0 saturated heterocycles. The van der Waals surface area contributed by atoms with Crippen molar-refractivity contribution in [3.8, 4) is 0 Å². The normalized spacial score (nSPS) is 6.73. The van der Waals surface area contributed by atoms with E-state index in [1.165, 1.54) is 0 Å². The summed E-state index contributed by atoms with van der Waals surface area (Å²) >= 11 is 9.35. The molecule has 0 spiro atoms. The van der Waals surface area contributed by atoms with Crippen LogP contribution in [0.15, 0.2) is 0 Å². The molecule has 0 rings (SSSR count). The van der Waals surface area contributed by atoms with Crippen LogP contribution >= 0.6 is 23.2 Å². The SMILES string of the molecule is O=C([O-])CCl.O=C([O-])CCl.[Ir]. The number of carbonyl (C=O) groups excluding carboxylic acids is 2. The van der Waals surface area contributed by atoms with Crippen molar-refractivity contribution in [3.63, 3.8) is 0 Å². The second-order valence-electron chi connectivity index (χ2n) is 1.01. The quantitative estimate of drug-likeness (QED) is 0.518. The molecule has 0 bridgehead atoms. The van der Waals surface area contributed by atoms with Crippen LogP contribution in [0.3, 0.4) is 0 Å². The van der Waals surface area contributed by atoms with E-state index < -0.39 is 23.7 Å². The molecule has 0 aromatic heterocycles. The van der Waals surface area contributed by atoms with Gasteiger partial charge in [-0.15, -0.1) is 23.2 Å². The third-order valence-electron chi connectivity index (χ3n) is 0.218. The van der Waals surface area contributed by atoms with E-state index in [0.717, 1.165) is 0 Å². The first-order valence-corrected chi connectivity index (χ1v) is 3.13.